The van der Waals surface area contributed by atoms with Crippen molar-refractivity contribution >= 4 is 21.6 Å². The molecule has 1 rings (SSSR count). The molecule has 0 atom stereocenters. The molecule has 0 spiro atoms. The van der Waals surface area contributed by atoms with Gasteiger partial charge in [0, 0.05) is 5.41 Å². The van der Waals surface area contributed by atoms with Crippen molar-refractivity contribution < 1.29 is 17.6 Å². The highest BCUT2D eigenvalue weighted by Crippen LogP contribution is 2.24. The zero-order valence-corrected chi connectivity index (χ0v) is 11.8. The molecule has 5 nitrogen and oxygen atoms in total. The second-order valence-corrected chi connectivity index (χ2v) is 6.44. The van der Waals surface area contributed by atoms with Crippen LogP contribution < -0.4 is 10.5 Å². The lowest BCUT2D eigenvalue weighted by Gasteiger charge is -2.21. The Balaban J connectivity index is 3.12. The van der Waals surface area contributed by atoms with Gasteiger partial charge in [0.15, 0.2) is 0 Å². The molecular weight excluding hydrogens is 271 g/mol. The molecule has 3 N–H and O–H groups in total. The van der Waals surface area contributed by atoms with Gasteiger partial charge >= 0.3 is 0 Å². The van der Waals surface area contributed by atoms with Gasteiger partial charge in [0.2, 0.25) is 15.9 Å². The van der Waals surface area contributed by atoms with Crippen LogP contribution in [0.3, 0.4) is 0 Å². The summed E-state index contributed by atoms with van der Waals surface area (Å²) in [6.07, 6.45) is 0.565. The predicted molar refractivity (Wildman–Crippen MR) is 70.5 cm³/mol. The van der Waals surface area contributed by atoms with E-state index in [0.29, 0.717) is 6.42 Å². The summed E-state index contributed by atoms with van der Waals surface area (Å²) in [4.78, 5) is 11.7. The Morgan fingerprint density at radius 3 is 2.47 bits per heavy atom. The fraction of sp³-hybridized carbons (Fsp3) is 0.417. The lowest BCUT2D eigenvalue weighted by Crippen LogP contribution is -2.30. The van der Waals surface area contributed by atoms with E-state index in [1.807, 2.05) is 6.92 Å². The standard InChI is InChI=1S/C12H17FN2O3S/c1-4-12(2,3)11(16)15-10-7-8(19(14,17)18)5-6-9(10)13/h5-7H,4H2,1-3H3,(H,15,16)(H2,14,17,18). The second-order valence-electron chi connectivity index (χ2n) is 4.88. The van der Waals surface area contributed by atoms with Gasteiger partial charge in [-0.15, -0.1) is 0 Å². The minimum atomic E-state index is -3.94. The monoisotopic (exact) mass is 288 g/mol. The summed E-state index contributed by atoms with van der Waals surface area (Å²) in [5.74, 6) is -1.10. The topological polar surface area (TPSA) is 89.3 Å². The van der Waals surface area contributed by atoms with E-state index in [1.165, 1.54) is 0 Å². The van der Waals surface area contributed by atoms with Crippen LogP contribution in [0.4, 0.5) is 10.1 Å². The van der Waals surface area contributed by atoms with E-state index in [9.17, 15) is 17.6 Å². The molecule has 0 bridgehead atoms. The van der Waals surface area contributed by atoms with Gasteiger partial charge in [-0.3, -0.25) is 4.79 Å². The first-order chi connectivity index (χ1) is 8.58. The van der Waals surface area contributed by atoms with Crippen molar-refractivity contribution in [3.8, 4) is 0 Å². The number of nitrogens with two attached hydrogens (primary N) is 1. The number of anilines is 1. The van der Waals surface area contributed by atoms with E-state index in [0.717, 1.165) is 18.2 Å². The number of sulfonamides is 1. The lowest BCUT2D eigenvalue weighted by atomic mass is 9.89. The number of hydrogen-bond acceptors (Lipinski definition) is 3. The number of nitrogens with one attached hydrogen (secondary N) is 1. The van der Waals surface area contributed by atoms with Gasteiger partial charge in [0.25, 0.3) is 0 Å². The molecular formula is C12H17FN2O3S. The molecule has 0 heterocycles. The molecule has 0 aliphatic rings. The summed E-state index contributed by atoms with van der Waals surface area (Å²) in [6.45, 7) is 5.25. The molecule has 0 saturated heterocycles. The fourth-order valence-corrected chi connectivity index (χ4v) is 1.77. The van der Waals surface area contributed by atoms with E-state index >= 15 is 0 Å². The fourth-order valence-electron chi connectivity index (χ4n) is 1.23. The molecule has 1 amide bonds. The van der Waals surface area contributed by atoms with Crippen LogP contribution in [-0.2, 0) is 14.8 Å². The number of hydrogen-bond donors (Lipinski definition) is 2. The average Bonchev–Trinajstić information content (AvgIpc) is 2.30. The minimum Gasteiger partial charge on any atom is -0.323 e. The summed E-state index contributed by atoms with van der Waals surface area (Å²) in [6, 6.07) is 3.01. The molecule has 1 aromatic rings. The number of rotatable bonds is 4. The van der Waals surface area contributed by atoms with Crippen LogP contribution in [0, 0.1) is 11.2 Å². The first kappa shape index (κ1) is 15.6. The summed E-state index contributed by atoms with van der Waals surface area (Å²) < 4.78 is 35.9. The first-order valence-corrected chi connectivity index (χ1v) is 7.26. The van der Waals surface area contributed by atoms with Crippen molar-refractivity contribution in [2.45, 2.75) is 32.1 Å². The number of halogens is 1. The predicted octanol–water partition coefficient (Wildman–Crippen LogP) is 1.85. The largest absolute Gasteiger partial charge is 0.323 e. The number of primary sulfonamides is 1. The van der Waals surface area contributed by atoms with E-state index in [4.69, 9.17) is 5.14 Å². The quantitative estimate of drug-likeness (QED) is 0.886. The second kappa shape index (κ2) is 5.26. The third kappa shape index (κ3) is 3.74. The zero-order chi connectivity index (χ0) is 14.8. The van der Waals surface area contributed by atoms with Crippen molar-refractivity contribution in [3.63, 3.8) is 0 Å². The maximum Gasteiger partial charge on any atom is 0.238 e. The van der Waals surface area contributed by atoms with E-state index in [2.05, 4.69) is 5.32 Å². The molecule has 7 heteroatoms. The number of carbonyl (C=O) groups excluding carboxylic acids is 1. The van der Waals surface area contributed by atoms with Crippen molar-refractivity contribution in [2.24, 2.45) is 10.6 Å². The molecule has 0 unspecified atom stereocenters. The van der Waals surface area contributed by atoms with Gasteiger partial charge in [-0.25, -0.2) is 17.9 Å². The minimum absolute atomic E-state index is 0.196. The van der Waals surface area contributed by atoms with Crippen molar-refractivity contribution in [2.75, 3.05) is 5.32 Å². The molecule has 0 radical (unpaired) electrons. The Morgan fingerprint density at radius 1 is 1.42 bits per heavy atom. The number of carbonyl (C=O) groups is 1. The maximum atomic E-state index is 13.6. The number of amides is 1. The SMILES string of the molecule is CCC(C)(C)C(=O)Nc1cc(S(N)(=O)=O)ccc1F. The Hall–Kier alpha value is -1.47. The van der Waals surface area contributed by atoms with Crippen LogP contribution in [0.15, 0.2) is 23.1 Å². The van der Waals surface area contributed by atoms with Crippen LogP contribution in [0.1, 0.15) is 27.2 Å². The summed E-state index contributed by atoms with van der Waals surface area (Å²) in [5, 5.41) is 7.34. The Kier molecular flexibility index (Phi) is 4.32. The van der Waals surface area contributed by atoms with Crippen molar-refractivity contribution in [1.29, 1.82) is 0 Å². The van der Waals surface area contributed by atoms with Crippen LogP contribution in [-0.4, -0.2) is 14.3 Å². The molecule has 0 aliphatic heterocycles. The van der Waals surface area contributed by atoms with Gasteiger partial charge in [0.05, 0.1) is 10.6 Å². The first-order valence-electron chi connectivity index (χ1n) is 5.71. The summed E-state index contributed by atoms with van der Waals surface area (Å²) in [5.41, 5.74) is -0.873. The van der Waals surface area contributed by atoms with Crippen molar-refractivity contribution in [1.82, 2.24) is 0 Å². The number of benzene rings is 1. The Morgan fingerprint density at radius 2 is 2.00 bits per heavy atom. The van der Waals surface area contributed by atoms with Crippen LogP contribution in [0.25, 0.3) is 0 Å². The van der Waals surface area contributed by atoms with E-state index in [-0.39, 0.29) is 16.5 Å². The molecule has 0 aliphatic carbocycles. The van der Waals surface area contributed by atoms with Gasteiger partial charge < -0.3 is 5.32 Å². The van der Waals surface area contributed by atoms with Gasteiger partial charge in [0.1, 0.15) is 5.82 Å². The third-order valence-electron chi connectivity index (χ3n) is 3.01. The smallest absolute Gasteiger partial charge is 0.238 e. The van der Waals surface area contributed by atoms with Crippen molar-refractivity contribution in [3.05, 3.63) is 24.0 Å². The highest BCUT2D eigenvalue weighted by Gasteiger charge is 2.26. The molecule has 19 heavy (non-hydrogen) atoms. The highest BCUT2D eigenvalue weighted by molar-refractivity contribution is 7.89. The maximum absolute atomic E-state index is 13.6. The van der Waals surface area contributed by atoms with Gasteiger partial charge in [-0.05, 0) is 24.6 Å². The summed E-state index contributed by atoms with van der Waals surface area (Å²) in [7, 11) is -3.94. The zero-order valence-electron chi connectivity index (χ0n) is 11.0. The molecule has 0 fully saturated rings. The Labute approximate surface area is 112 Å². The lowest BCUT2D eigenvalue weighted by molar-refractivity contribution is -0.124. The van der Waals surface area contributed by atoms with Crippen LogP contribution >= 0.6 is 0 Å². The van der Waals surface area contributed by atoms with Gasteiger partial charge in [-0.2, -0.15) is 0 Å². The third-order valence-corrected chi connectivity index (χ3v) is 3.92. The molecule has 1 aromatic carbocycles. The van der Waals surface area contributed by atoms with Crippen LogP contribution in [0.2, 0.25) is 0 Å². The average molecular weight is 288 g/mol. The van der Waals surface area contributed by atoms with Gasteiger partial charge in [-0.1, -0.05) is 20.8 Å². The van der Waals surface area contributed by atoms with E-state index < -0.39 is 21.3 Å². The molecule has 106 valence electrons. The van der Waals surface area contributed by atoms with E-state index in [1.54, 1.807) is 13.8 Å². The highest BCUT2D eigenvalue weighted by atomic mass is 32.2. The molecule has 0 aromatic heterocycles. The van der Waals surface area contributed by atoms with Crippen LogP contribution in [0.5, 0.6) is 0 Å². The molecule has 0 saturated carbocycles. The summed E-state index contributed by atoms with van der Waals surface area (Å²) >= 11 is 0. The Bertz CT molecular complexity index is 597. The normalized spacial score (nSPS) is 12.3.